The van der Waals surface area contributed by atoms with Crippen LogP contribution in [0.3, 0.4) is 0 Å². The van der Waals surface area contributed by atoms with Gasteiger partial charge in [-0.2, -0.15) is 0 Å². The minimum atomic E-state index is -0.219. The van der Waals surface area contributed by atoms with E-state index in [9.17, 15) is 4.79 Å². The summed E-state index contributed by atoms with van der Waals surface area (Å²) < 4.78 is 0. The number of pyridine rings is 1. The van der Waals surface area contributed by atoms with Gasteiger partial charge < -0.3 is 5.32 Å². The normalized spacial score (nSPS) is 20.8. The number of nitrogens with one attached hydrogen (secondary N) is 3. The Kier molecular flexibility index (Phi) is 4.38. The lowest BCUT2D eigenvalue weighted by Gasteiger charge is -2.18. The van der Waals surface area contributed by atoms with Gasteiger partial charge in [0.25, 0.3) is 0 Å². The molecule has 0 bridgehead atoms. The predicted molar refractivity (Wildman–Crippen MR) is 86.4 cm³/mol. The van der Waals surface area contributed by atoms with Crippen LogP contribution in [-0.2, 0) is 4.79 Å². The summed E-state index contributed by atoms with van der Waals surface area (Å²) in [5.41, 5.74) is 8.09. The Balaban J connectivity index is 1.75. The molecule has 3 rings (SSSR count). The Bertz CT molecular complexity index is 674. The molecule has 3 N–H and O–H groups in total. The molecule has 1 aliphatic heterocycles. The molecule has 1 aromatic heterocycles. The molecule has 0 spiro atoms. The molecule has 0 saturated carbocycles. The van der Waals surface area contributed by atoms with E-state index in [1.807, 2.05) is 43.3 Å². The highest BCUT2D eigenvalue weighted by Gasteiger charge is 2.34. The summed E-state index contributed by atoms with van der Waals surface area (Å²) in [7, 11) is 0. The number of amides is 1. The standard InChI is InChI=1S/C16H17ClN4O/c1-10-3-2-4-14(19-10)20-16(22)13-9-18-21-15(13)11-5-7-12(17)8-6-11/h2-8,13,15,18,21H,9H2,1H3,(H,19,20,22). The molecule has 0 radical (unpaired) electrons. The average Bonchev–Trinajstić information content (AvgIpc) is 2.97. The highest BCUT2D eigenvalue weighted by molar-refractivity contribution is 6.30. The van der Waals surface area contributed by atoms with E-state index < -0.39 is 0 Å². The SMILES string of the molecule is Cc1cccc(NC(=O)C2CNNC2c2ccc(Cl)cc2)n1. The Hall–Kier alpha value is -1.95. The van der Waals surface area contributed by atoms with Crippen LogP contribution in [0.25, 0.3) is 0 Å². The van der Waals surface area contributed by atoms with E-state index in [2.05, 4.69) is 21.2 Å². The fourth-order valence-electron chi connectivity index (χ4n) is 2.56. The molecule has 1 amide bonds. The quantitative estimate of drug-likeness (QED) is 0.814. The fourth-order valence-corrected chi connectivity index (χ4v) is 2.68. The van der Waals surface area contributed by atoms with Crippen LogP contribution < -0.4 is 16.2 Å². The highest BCUT2D eigenvalue weighted by Crippen LogP contribution is 2.27. The van der Waals surface area contributed by atoms with Crippen molar-refractivity contribution in [2.75, 3.05) is 11.9 Å². The largest absolute Gasteiger partial charge is 0.310 e. The average molecular weight is 317 g/mol. The van der Waals surface area contributed by atoms with E-state index >= 15 is 0 Å². The second kappa shape index (κ2) is 6.44. The molecule has 114 valence electrons. The van der Waals surface area contributed by atoms with Gasteiger partial charge in [0, 0.05) is 17.3 Å². The number of rotatable bonds is 3. The number of aryl methyl sites for hydroxylation is 1. The fraction of sp³-hybridized carbons (Fsp3) is 0.250. The number of halogens is 1. The number of nitrogens with zero attached hydrogens (tertiary/aromatic N) is 1. The Morgan fingerprint density at radius 2 is 2.05 bits per heavy atom. The van der Waals surface area contributed by atoms with Crippen molar-refractivity contribution < 1.29 is 4.79 Å². The third-order valence-corrected chi connectivity index (χ3v) is 3.94. The molecule has 2 atom stereocenters. The molecule has 1 saturated heterocycles. The molecule has 0 aliphatic carbocycles. The summed E-state index contributed by atoms with van der Waals surface area (Å²) in [5, 5.41) is 3.56. The summed E-state index contributed by atoms with van der Waals surface area (Å²) in [6.45, 7) is 2.45. The van der Waals surface area contributed by atoms with Gasteiger partial charge in [-0.1, -0.05) is 29.8 Å². The summed E-state index contributed by atoms with van der Waals surface area (Å²) in [6.07, 6.45) is 0. The summed E-state index contributed by atoms with van der Waals surface area (Å²) in [6, 6.07) is 13.0. The molecule has 5 nitrogen and oxygen atoms in total. The first-order valence-corrected chi connectivity index (χ1v) is 7.49. The Morgan fingerprint density at radius 3 is 2.77 bits per heavy atom. The van der Waals surface area contributed by atoms with Crippen LogP contribution in [-0.4, -0.2) is 17.4 Å². The number of anilines is 1. The molecule has 22 heavy (non-hydrogen) atoms. The zero-order valence-corrected chi connectivity index (χ0v) is 12.9. The van der Waals surface area contributed by atoms with E-state index in [0.717, 1.165) is 11.3 Å². The number of aromatic nitrogens is 1. The smallest absolute Gasteiger partial charge is 0.231 e. The zero-order chi connectivity index (χ0) is 15.5. The van der Waals surface area contributed by atoms with Gasteiger partial charge in [0.05, 0.1) is 12.0 Å². The number of hydrogen-bond donors (Lipinski definition) is 3. The molecule has 2 unspecified atom stereocenters. The van der Waals surface area contributed by atoms with Crippen LogP contribution in [0.2, 0.25) is 5.02 Å². The van der Waals surface area contributed by atoms with Crippen molar-refractivity contribution in [3.63, 3.8) is 0 Å². The number of carbonyl (C=O) groups excluding carboxylic acids is 1. The van der Waals surface area contributed by atoms with Crippen LogP contribution in [0.15, 0.2) is 42.5 Å². The molecule has 1 aromatic carbocycles. The first kappa shape index (κ1) is 15.0. The minimum Gasteiger partial charge on any atom is -0.310 e. The second-order valence-corrected chi connectivity index (χ2v) is 5.75. The van der Waals surface area contributed by atoms with Gasteiger partial charge in [-0.25, -0.2) is 10.4 Å². The number of hydrogen-bond acceptors (Lipinski definition) is 4. The molecule has 2 aromatic rings. The first-order valence-electron chi connectivity index (χ1n) is 7.12. The van der Waals surface area contributed by atoms with Crippen LogP contribution in [0.4, 0.5) is 5.82 Å². The summed E-state index contributed by atoms with van der Waals surface area (Å²) in [5.74, 6) is 0.297. The maximum Gasteiger partial charge on any atom is 0.231 e. The first-order chi connectivity index (χ1) is 10.6. The van der Waals surface area contributed by atoms with Crippen LogP contribution in [0.1, 0.15) is 17.3 Å². The van der Waals surface area contributed by atoms with Crippen molar-refractivity contribution in [2.45, 2.75) is 13.0 Å². The second-order valence-electron chi connectivity index (χ2n) is 5.31. The van der Waals surface area contributed by atoms with E-state index in [1.165, 1.54) is 0 Å². The van der Waals surface area contributed by atoms with Crippen LogP contribution >= 0.6 is 11.6 Å². The lowest BCUT2D eigenvalue weighted by Crippen LogP contribution is -2.30. The molecule has 1 fully saturated rings. The third kappa shape index (κ3) is 3.27. The maximum absolute atomic E-state index is 12.5. The summed E-state index contributed by atoms with van der Waals surface area (Å²) >= 11 is 5.92. The summed E-state index contributed by atoms with van der Waals surface area (Å²) in [4.78, 5) is 16.8. The van der Waals surface area contributed by atoms with Crippen LogP contribution in [0.5, 0.6) is 0 Å². The predicted octanol–water partition coefficient (Wildman–Crippen LogP) is 2.45. The van der Waals surface area contributed by atoms with Crippen molar-refractivity contribution in [1.82, 2.24) is 15.8 Å². The van der Waals surface area contributed by atoms with Gasteiger partial charge in [0.1, 0.15) is 5.82 Å². The maximum atomic E-state index is 12.5. The van der Waals surface area contributed by atoms with Gasteiger partial charge in [-0.3, -0.25) is 10.2 Å². The van der Waals surface area contributed by atoms with Gasteiger partial charge >= 0.3 is 0 Å². The molecular weight excluding hydrogens is 300 g/mol. The number of hydrazine groups is 1. The zero-order valence-electron chi connectivity index (χ0n) is 12.1. The van der Waals surface area contributed by atoms with Crippen molar-refractivity contribution in [3.8, 4) is 0 Å². The monoisotopic (exact) mass is 316 g/mol. The Morgan fingerprint density at radius 1 is 1.27 bits per heavy atom. The van der Waals surface area contributed by atoms with Crippen molar-refractivity contribution in [2.24, 2.45) is 5.92 Å². The van der Waals surface area contributed by atoms with E-state index in [-0.39, 0.29) is 17.9 Å². The lowest BCUT2D eigenvalue weighted by molar-refractivity contribution is -0.119. The topological polar surface area (TPSA) is 66.1 Å². The van der Waals surface area contributed by atoms with E-state index in [0.29, 0.717) is 17.4 Å². The third-order valence-electron chi connectivity index (χ3n) is 3.69. The Labute approximate surface area is 134 Å². The molecular formula is C16H17ClN4O. The van der Waals surface area contributed by atoms with E-state index in [4.69, 9.17) is 11.6 Å². The van der Waals surface area contributed by atoms with Crippen molar-refractivity contribution >= 4 is 23.3 Å². The van der Waals surface area contributed by atoms with Gasteiger partial charge in [-0.15, -0.1) is 0 Å². The van der Waals surface area contributed by atoms with Crippen LogP contribution in [0, 0.1) is 12.8 Å². The highest BCUT2D eigenvalue weighted by atomic mass is 35.5. The van der Waals surface area contributed by atoms with E-state index in [1.54, 1.807) is 6.07 Å². The van der Waals surface area contributed by atoms with Gasteiger partial charge in [0.15, 0.2) is 0 Å². The molecule has 6 heteroatoms. The molecule has 1 aliphatic rings. The minimum absolute atomic E-state index is 0.0597. The van der Waals surface area contributed by atoms with Gasteiger partial charge in [0.2, 0.25) is 5.91 Å². The van der Waals surface area contributed by atoms with Crippen molar-refractivity contribution in [3.05, 3.63) is 58.7 Å². The lowest BCUT2D eigenvalue weighted by atomic mass is 9.94. The van der Waals surface area contributed by atoms with Gasteiger partial charge in [-0.05, 0) is 36.8 Å². The number of carbonyl (C=O) groups is 1. The van der Waals surface area contributed by atoms with Crippen molar-refractivity contribution in [1.29, 1.82) is 0 Å². The molecule has 2 heterocycles. The number of benzene rings is 1.